The molecule has 2 heterocycles. The number of ether oxygens (including phenoxy) is 3. The molecule has 1 aliphatic rings. The smallest absolute Gasteiger partial charge is 0.231 e. The zero-order chi connectivity index (χ0) is 20.0. The normalized spacial score (nSPS) is 15.2. The summed E-state index contributed by atoms with van der Waals surface area (Å²) >= 11 is 0. The van der Waals surface area contributed by atoms with Crippen molar-refractivity contribution in [3.8, 4) is 17.2 Å². The van der Waals surface area contributed by atoms with Gasteiger partial charge >= 0.3 is 0 Å². The Hall–Kier alpha value is -2.94. The van der Waals surface area contributed by atoms with Crippen molar-refractivity contribution in [2.75, 3.05) is 33.0 Å². The third-order valence-electron chi connectivity index (χ3n) is 4.22. The van der Waals surface area contributed by atoms with Crippen LogP contribution in [-0.2, 0) is 12.6 Å². The highest BCUT2D eigenvalue weighted by molar-refractivity contribution is 5.79. The molecular weight excluding hydrogens is 362 g/mol. The topological polar surface area (TPSA) is 102 Å². The number of hydrogen-bond donors (Lipinski definition) is 3. The first-order valence-corrected chi connectivity index (χ1v) is 9.24. The van der Waals surface area contributed by atoms with E-state index in [-0.39, 0.29) is 13.3 Å². The van der Waals surface area contributed by atoms with Gasteiger partial charge in [0, 0.05) is 31.4 Å². The monoisotopic (exact) mass is 389 g/mol. The molecule has 0 fully saturated rings. The van der Waals surface area contributed by atoms with Crippen molar-refractivity contribution in [1.29, 1.82) is 0 Å². The number of aromatic nitrogens is 2. The number of nitrogens with one attached hydrogen (secondary N) is 2. The Labute approximate surface area is 164 Å². The van der Waals surface area contributed by atoms with Gasteiger partial charge in [-0.25, -0.2) is 4.99 Å². The molecule has 1 atom stereocenters. The molecule has 3 rings (SSSR count). The third kappa shape index (κ3) is 5.07. The maximum atomic E-state index is 10.7. The van der Waals surface area contributed by atoms with Gasteiger partial charge in [0.2, 0.25) is 6.79 Å². The van der Waals surface area contributed by atoms with Crippen molar-refractivity contribution in [3.63, 3.8) is 0 Å². The van der Waals surface area contributed by atoms with E-state index in [4.69, 9.17) is 14.2 Å². The molecule has 0 radical (unpaired) electrons. The van der Waals surface area contributed by atoms with E-state index in [1.54, 1.807) is 24.0 Å². The summed E-state index contributed by atoms with van der Waals surface area (Å²) in [6.45, 7) is 5.87. The highest BCUT2D eigenvalue weighted by atomic mass is 16.7. The lowest BCUT2D eigenvalue weighted by Gasteiger charge is -2.20. The lowest BCUT2D eigenvalue weighted by Crippen LogP contribution is -2.40. The number of aryl methyl sites for hydroxylation is 1. The first-order valence-electron chi connectivity index (χ1n) is 9.24. The van der Waals surface area contributed by atoms with Crippen molar-refractivity contribution in [2.45, 2.75) is 19.4 Å². The molecule has 0 bridgehead atoms. The molecule has 28 heavy (non-hydrogen) atoms. The number of aliphatic imine (C=N–C) groups is 1. The van der Waals surface area contributed by atoms with Crippen LogP contribution in [0.1, 0.15) is 19.4 Å². The lowest BCUT2D eigenvalue weighted by molar-refractivity contribution is 0.0672. The van der Waals surface area contributed by atoms with Gasteiger partial charge in [-0.2, -0.15) is 5.10 Å². The highest BCUT2D eigenvalue weighted by Crippen LogP contribution is 2.34. The van der Waals surface area contributed by atoms with Crippen LogP contribution in [0.2, 0.25) is 0 Å². The van der Waals surface area contributed by atoms with Gasteiger partial charge in [-0.3, -0.25) is 4.68 Å². The van der Waals surface area contributed by atoms with E-state index in [9.17, 15) is 5.11 Å². The van der Waals surface area contributed by atoms with Crippen molar-refractivity contribution < 1.29 is 19.3 Å². The van der Waals surface area contributed by atoms with E-state index in [2.05, 4.69) is 20.7 Å². The first kappa shape index (κ1) is 19.8. The van der Waals surface area contributed by atoms with Crippen LogP contribution in [0.5, 0.6) is 17.2 Å². The zero-order valence-corrected chi connectivity index (χ0v) is 16.4. The van der Waals surface area contributed by atoms with Gasteiger partial charge in [0.25, 0.3) is 0 Å². The minimum absolute atomic E-state index is 0.205. The fourth-order valence-electron chi connectivity index (χ4n) is 2.67. The summed E-state index contributed by atoms with van der Waals surface area (Å²) in [5.41, 5.74) is -0.375. The Morgan fingerprint density at radius 1 is 1.36 bits per heavy atom. The van der Waals surface area contributed by atoms with E-state index in [1.165, 1.54) is 0 Å². The summed E-state index contributed by atoms with van der Waals surface area (Å²) in [4.78, 5) is 4.48. The van der Waals surface area contributed by atoms with E-state index < -0.39 is 5.60 Å². The number of rotatable bonds is 8. The summed E-state index contributed by atoms with van der Waals surface area (Å²) in [5, 5.41) is 21.1. The van der Waals surface area contributed by atoms with Gasteiger partial charge in [0.15, 0.2) is 17.5 Å². The quantitative estimate of drug-likeness (QED) is 0.352. The minimum atomic E-state index is -1.10. The fraction of sp³-hybridized carbons (Fsp3) is 0.474. The van der Waals surface area contributed by atoms with E-state index in [1.807, 2.05) is 32.2 Å². The first-order chi connectivity index (χ1) is 13.5. The molecule has 152 valence electrons. The number of fused-ring (bicyclic) bond motifs is 1. The summed E-state index contributed by atoms with van der Waals surface area (Å²) in [6.07, 6.45) is 3.43. The van der Waals surface area contributed by atoms with Crippen LogP contribution in [0.3, 0.4) is 0 Å². The van der Waals surface area contributed by atoms with Crippen LogP contribution >= 0.6 is 0 Å². The maximum absolute atomic E-state index is 10.7. The molecule has 1 aromatic heterocycles. The standard InChI is InChI=1S/C19H27N5O4/c1-4-20-18(22-12-19(2,25)14-10-23-24(3)11-14)21-7-8-26-15-5-6-16-17(9-15)28-13-27-16/h5-6,9-11,25H,4,7-8,12-13H2,1-3H3,(H2,20,21,22). The molecule has 0 amide bonds. The Kier molecular flexibility index (Phi) is 6.25. The van der Waals surface area contributed by atoms with E-state index >= 15 is 0 Å². The van der Waals surface area contributed by atoms with E-state index in [0.29, 0.717) is 37.2 Å². The number of hydrogen-bond acceptors (Lipinski definition) is 6. The van der Waals surface area contributed by atoms with Crippen molar-refractivity contribution in [3.05, 3.63) is 36.2 Å². The van der Waals surface area contributed by atoms with Gasteiger partial charge in [0.1, 0.15) is 18.0 Å². The van der Waals surface area contributed by atoms with Crippen LogP contribution in [0.25, 0.3) is 0 Å². The molecule has 1 aliphatic heterocycles. The Morgan fingerprint density at radius 3 is 2.93 bits per heavy atom. The second kappa shape index (κ2) is 8.83. The van der Waals surface area contributed by atoms with Gasteiger partial charge < -0.3 is 30.0 Å². The molecule has 0 saturated carbocycles. The molecule has 3 N–H and O–H groups in total. The second-order valence-corrected chi connectivity index (χ2v) is 6.66. The molecule has 0 aliphatic carbocycles. The molecule has 2 aromatic rings. The number of nitrogens with zero attached hydrogens (tertiary/aromatic N) is 3. The third-order valence-corrected chi connectivity index (χ3v) is 4.22. The van der Waals surface area contributed by atoms with Gasteiger partial charge in [0.05, 0.1) is 19.3 Å². The zero-order valence-electron chi connectivity index (χ0n) is 16.4. The molecule has 0 saturated heterocycles. The van der Waals surface area contributed by atoms with Crippen LogP contribution in [0.15, 0.2) is 35.6 Å². The molecule has 1 unspecified atom stereocenters. The average molecular weight is 389 g/mol. The minimum Gasteiger partial charge on any atom is -0.492 e. The summed E-state index contributed by atoms with van der Waals surface area (Å²) in [5.74, 6) is 2.75. The van der Waals surface area contributed by atoms with Crippen LogP contribution < -0.4 is 24.8 Å². The molecule has 9 nitrogen and oxygen atoms in total. The van der Waals surface area contributed by atoms with Gasteiger partial charge in [-0.1, -0.05) is 0 Å². The van der Waals surface area contributed by atoms with Crippen LogP contribution in [0.4, 0.5) is 0 Å². The number of guanidine groups is 1. The van der Waals surface area contributed by atoms with Crippen molar-refractivity contribution in [2.24, 2.45) is 12.0 Å². The predicted molar refractivity (Wildman–Crippen MR) is 105 cm³/mol. The van der Waals surface area contributed by atoms with Crippen molar-refractivity contribution in [1.82, 2.24) is 20.4 Å². The molecular formula is C19H27N5O4. The molecule has 0 spiro atoms. The Balaban J connectivity index is 1.49. The Bertz CT molecular complexity index is 818. The van der Waals surface area contributed by atoms with Crippen LogP contribution in [0, 0.1) is 0 Å². The summed E-state index contributed by atoms with van der Waals surface area (Å²) < 4.78 is 18.0. The second-order valence-electron chi connectivity index (χ2n) is 6.66. The lowest BCUT2D eigenvalue weighted by atomic mass is 10.0. The maximum Gasteiger partial charge on any atom is 0.231 e. The van der Waals surface area contributed by atoms with Gasteiger partial charge in [-0.05, 0) is 26.0 Å². The predicted octanol–water partition coefficient (Wildman–Crippen LogP) is 0.990. The largest absolute Gasteiger partial charge is 0.492 e. The van der Waals surface area contributed by atoms with Crippen LogP contribution in [-0.4, -0.2) is 53.9 Å². The van der Waals surface area contributed by atoms with E-state index in [0.717, 1.165) is 11.3 Å². The number of benzene rings is 1. The number of aliphatic hydroxyl groups is 1. The van der Waals surface area contributed by atoms with Gasteiger partial charge in [-0.15, -0.1) is 0 Å². The molecule has 9 heteroatoms. The average Bonchev–Trinajstić information content (AvgIpc) is 3.31. The fourth-order valence-corrected chi connectivity index (χ4v) is 2.67. The van der Waals surface area contributed by atoms with Crippen molar-refractivity contribution >= 4 is 5.96 Å². The Morgan fingerprint density at radius 2 is 2.18 bits per heavy atom. The molecule has 1 aromatic carbocycles. The summed E-state index contributed by atoms with van der Waals surface area (Å²) in [7, 11) is 1.81. The SMILES string of the molecule is CCNC(=NCC(C)(O)c1cnn(C)c1)NCCOc1ccc2c(c1)OCO2. The highest BCUT2D eigenvalue weighted by Gasteiger charge is 2.24. The summed E-state index contributed by atoms with van der Waals surface area (Å²) in [6, 6.07) is 5.49.